The third-order valence-corrected chi connectivity index (χ3v) is 5.07. The molecule has 0 bridgehead atoms. The van der Waals surface area contributed by atoms with Crippen molar-refractivity contribution in [2.24, 2.45) is 5.73 Å². The quantitative estimate of drug-likeness (QED) is 0.401. The van der Waals surface area contributed by atoms with Gasteiger partial charge in [-0.2, -0.15) is 0 Å². The van der Waals surface area contributed by atoms with Crippen molar-refractivity contribution in [2.75, 3.05) is 6.54 Å². The molecule has 162 valence electrons. The monoisotopic (exact) mass is 413 g/mol. The Bertz CT molecular complexity index is 858. The Morgan fingerprint density at radius 3 is 2.20 bits per heavy atom. The Labute approximate surface area is 177 Å². The number of carbonyl (C=O) groups excluding carboxylic acids is 2. The van der Waals surface area contributed by atoms with Gasteiger partial charge >= 0.3 is 0 Å². The molecule has 30 heavy (non-hydrogen) atoms. The number of nitrogens with two attached hydrogens (primary N) is 1. The van der Waals surface area contributed by atoms with E-state index in [-0.39, 0.29) is 17.4 Å². The van der Waals surface area contributed by atoms with Crippen molar-refractivity contribution in [1.29, 1.82) is 0 Å². The number of hydrogen-bond acceptors (Lipinski definition) is 5. The maximum atomic E-state index is 12.4. The number of phenols is 2. The van der Waals surface area contributed by atoms with E-state index in [2.05, 4.69) is 10.6 Å². The summed E-state index contributed by atoms with van der Waals surface area (Å²) in [5.74, 6) is -0.250. The number of phenolic OH excluding ortho intramolecular Hbond substituents is 2. The molecule has 0 saturated heterocycles. The van der Waals surface area contributed by atoms with Gasteiger partial charge in [0.25, 0.3) is 0 Å². The predicted molar refractivity (Wildman–Crippen MR) is 116 cm³/mol. The summed E-state index contributed by atoms with van der Waals surface area (Å²) < 4.78 is 0. The molecule has 2 aromatic rings. The van der Waals surface area contributed by atoms with Gasteiger partial charge in [-0.15, -0.1) is 0 Å². The highest BCUT2D eigenvalue weighted by molar-refractivity contribution is 5.89. The molecule has 2 rings (SSSR count). The lowest BCUT2D eigenvalue weighted by molar-refractivity contribution is -0.129. The van der Waals surface area contributed by atoms with Crippen molar-refractivity contribution in [1.82, 2.24) is 10.6 Å². The van der Waals surface area contributed by atoms with Crippen LogP contribution in [0.3, 0.4) is 0 Å². The van der Waals surface area contributed by atoms with Gasteiger partial charge in [0.05, 0.1) is 6.04 Å². The Balaban J connectivity index is 1.77. The molecule has 0 saturated carbocycles. The summed E-state index contributed by atoms with van der Waals surface area (Å²) in [6, 6.07) is 8.75. The van der Waals surface area contributed by atoms with Gasteiger partial charge in [-0.05, 0) is 86.6 Å². The number of hydrogen-bond donors (Lipinski definition) is 5. The molecule has 0 aromatic heterocycles. The van der Waals surface area contributed by atoms with Crippen LogP contribution in [-0.2, 0) is 22.4 Å². The Hall–Kier alpha value is -3.06. The third-order valence-electron chi connectivity index (χ3n) is 5.07. The highest BCUT2D eigenvalue weighted by Gasteiger charge is 2.21. The molecule has 0 aliphatic rings. The number of carbonyl (C=O) groups is 2. The van der Waals surface area contributed by atoms with Crippen LogP contribution in [0.1, 0.15) is 35.6 Å². The summed E-state index contributed by atoms with van der Waals surface area (Å²) in [4.78, 5) is 24.6. The molecule has 7 heteroatoms. The Morgan fingerprint density at radius 2 is 1.60 bits per heavy atom. The van der Waals surface area contributed by atoms with Gasteiger partial charge in [0.2, 0.25) is 11.8 Å². The molecule has 0 heterocycles. The molecule has 0 aliphatic heterocycles. The molecular formula is C23H31N3O4. The van der Waals surface area contributed by atoms with Crippen LogP contribution >= 0.6 is 0 Å². The van der Waals surface area contributed by atoms with E-state index in [1.165, 1.54) is 0 Å². The second-order valence-electron chi connectivity index (χ2n) is 7.66. The first-order valence-corrected chi connectivity index (χ1v) is 10.1. The minimum Gasteiger partial charge on any atom is -0.508 e. The average Bonchev–Trinajstić information content (AvgIpc) is 2.68. The molecular weight excluding hydrogens is 382 g/mol. The van der Waals surface area contributed by atoms with Crippen LogP contribution in [0.5, 0.6) is 11.5 Å². The van der Waals surface area contributed by atoms with Crippen molar-refractivity contribution >= 4 is 11.8 Å². The maximum absolute atomic E-state index is 12.4. The smallest absolute Gasteiger partial charge is 0.242 e. The van der Waals surface area contributed by atoms with Crippen LogP contribution in [-0.4, -0.2) is 40.7 Å². The highest BCUT2D eigenvalue weighted by atomic mass is 16.3. The molecule has 0 fully saturated rings. The van der Waals surface area contributed by atoms with Gasteiger partial charge in [-0.1, -0.05) is 12.1 Å². The number of aromatic hydroxyl groups is 2. The number of rotatable bonds is 9. The number of aryl methyl sites for hydroxylation is 3. The lowest BCUT2D eigenvalue weighted by Crippen LogP contribution is -2.51. The van der Waals surface area contributed by atoms with Crippen LogP contribution in [0.4, 0.5) is 0 Å². The fourth-order valence-corrected chi connectivity index (χ4v) is 3.31. The van der Waals surface area contributed by atoms with Crippen LogP contribution in [0.2, 0.25) is 0 Å². The van der Waals surface area contributed by atoms with Crippen LogP contribution in [0, 0.1) is 13.8 Å². The third kappa shape index (κ3) is 6.77. The summed E-state index contributed by atoms with van der Waals surface area (Å²) in [7, 11) is 0. The Kier molecular flexibility index (Phi) is 8.24. The van der Waals surface area contributed by atoms with E-state index in [1.807, 2.05) is 26.0 Å². The first-order valence-electron chi connectivity index (χ1n) is 10.1. The lowest BCUT2D eigenvalue weighted by atomic mass is 9.96. The highest BCUT2D eigenvalue weighted by Crippen LogP contribution is 2.21. The van der Waals surface area contributed by atoms with Crippen molar-refractivity contribution in [3.8, 4) is 11.5 Å². The van der Waals surface area contributed by atoms with E-state index in [0.29, 0.717) is 13.0 Å². The summed E-state index contributed by atoms with van der Waals surface area (Å²) in [5, 5.41) is 24.4. The first kappa shape index (κ1) is 23.2. The summed E-state index contributed by atoms with van der Waals surface area (Å²) >= 11 is 0. The van der Waals surface area contributed by atoms with Crippen LogP contribution < -0.4 is 16.4 Å². The second-order valence-corrected chi connectivity index (χ2v) is 7.66. The maximum Gasteiger partial charge on any atom is 0.242 e. The van der Waals surface area contributed by atoms with Crippen LogP contribution in [0.15, 0.2) is 36.4 Å². The molecule has 7 nitrogen and oxygen atoms in total. The topological polar surface area (TPSA) is 125 Å². The minimum atomic E-state index is -0.795. The molecule has 0 radical (unpaired) electrons. The van der Waals surface area contributed by atoms with Gasteiger partial charge in [0.1, 0.15) is 17.5 Å². The number of amides is 2. The van der Waals surface area contributed by atoms with Gasteiger partial charge in [0, 0.05) is 6.54 Å². The lowest BCUT2D eigenvalue weighted by Gasteiger charge is -2.19. The number of benzene rings is 2. The van der Waals surface area contributed by atoms with E-state index in [4.69, 9.17) is 5.73 Å². The van der Waals surface area contributed by atoms with E-state index < -0.39 is 18.0 Å². The molecule has 6 N–H and O–H groups in total. The standard InChI is InChI=1S/C23H31N3O4/c1-14-11-19(28)12-15(2)20(14)13-21(24)23(30)26-16(3)22(29)25-10-4-5-17-6-8-18(27)9-7-17/h6-9,11-12,16,21,27-28H,4-5,10,13,24H2,1-3H3,(H,25,29)(H,26,30)/t16-,21?/m1/s1. The van der Waals surface area contributed by atoms with Gasteiger partial charge in [-0.3, -0.25) is 9.59 Å². The number of nitrogens with one attached hydrogen (secondary N) is 2. The van der Waals surface area contributed by atoms with Gasteiger partial charge < -0.3 is 26.6 Å². The fraction of sp³-hybridized carbons (Fsp3) is 0.391. The summed E-state index contributed by atoms with van der Waals surface area (Å²) in [6.45, 7) is 5.83. The Morgan fingerprint density at radius 1 is 1.00 bits per heavy atom. The second kappa shape index (κ2) is 10.6. The molecule has 2 aromatic carbocycles. The van der Waals surface area contributed by atoms with E-state index in [0.717, 1.165) is 35.1 Å². The van der Waals surface area contributed by atoms with Crippen molar-refractivity contribution in [2.45, 2.75) is 52.1 Å². The summed E-state index contributed by atoms with van der Waals surface area (Å²) in [6.07, 6.45) is 1.85. The largest absolute Gasteiger partial charge is 0.508 e. The van der Waals surface area contributed by atoms with Crippen molar-refractivity contribution in [3.63, 3.8) is 0 Å². The average molecular weight is 414 g/mol. The van der Waals surface area contributed by atoms with Gasteiger partial charge in [0.15, 0.2) is 0 Å². The summed E-state index contributed by atoms with van der Waals surface area (Å²) in [5.41, 5.74) is 9.78. The van der Waals surface area contributed by atoms with Crippen molar-refractivity contribution in [3.05, 3.63) is 58.7 Å². The van der Waals surface area contributed by atoms with E-state index in [9.17, 15) is 19.8 Å². The molecule has 2 amide bonds. The van der Waals surface area contributed by atoms with E-state index in [1.54, 1.807) is 31.2 Å². The van der Waals surface area contributed by atoms with Crippen molar-refractivity contribution < 1.29 is 19.8 Å². The minimum absolute atomic E-state index is 0.183. The SMILES string of the molecule is Cc1cc(O)cc(C)c1CC(N)C(=O)N[C@H](C)C(=O)NCCCc1ccc(O)cc1. The molecule has 1 unspecified atom stereocenters. The van der Waals surface area contributed by atoms with E-state index >= 15 is 0 Å². The zero-order valence-electron chi connectivity index (χ0n) is 17.7. The van der Waals surface area contributed by atoms with Crippen LogP contribution in [0.25, 0.3) is 0 Å². The zero-order chi connectivity index (χ0) is 22.3. The predicted octanol–water partition coefficient (Wildman–Crippen LogP) is 1.84. The first-order chi connectivity index (χ1) is 14.2. The normalized spacial score (nSPS) is 12.8. The molecule has 0 spiro atoms. The fourth-order valence-electron chi connectivity index (χ4n) is 3.31. The molecule has 2 atom stereocenters. The zero-order valence-corrected chi connectivity index (χ0v) is 17.7. The molecule has 0 aliphatic carbocycles. The van der Waals surface area contributed by atoms with Gasteiger partial charge in [-0.25, -0.2) is 0 Å².